The summed E-state index contributed by atoms with van der Waals surface area (Å²) in [5, 5.41) is 18.8. The number of rotatable bonds is 7. The van der Waals surface area contributed by atoms with Crippen LogP contribution in [0.3, 0.4) is 0 Å². The van der Waals surface area contributed by atoms with Crippen LogP contribution in [0.5, 0.6) is 0 Å². The highest BCUT2D eigenvalue weighted by Crippen LogP contribution is 2.26. The van der Waals surface area contributed by atoms with Crippen molar-refractivity contribution < 1.29 is 10.2 Å². The first-order valence-electron chi connectivity index (χ1n) is 5.70. The van der Waals surface area contributed by atoms with Gasteiger partial charge in [0, 0.05) is 0 Å². The van der Waals surface area contributed by atoms with Gasteiger partial charge >= 0.3 is 0 Å². The molecule has 0 aliphatic carbocycles. The van der Waals surface area contributed by atoms with Crippen molar-refractivity contribution in [2.24, 2.45) is 0 Å². The predicted octanol–water partition coefficient (Wildman–Crippen LogP) is 2.56. The molecule has 86 valence electrons. The van der Waals surface area contributed by atoms with Crippen LogP contribution in [0, 0.1) is 0 Å². The van der Waals surface area contributed by atoms with Gasteiger partial charge in [0.05, 0.1) is 19.9 Å². The summed E-state index contributed by atoms with van der Waals surface area (Å²) >= 11 is 0. The Balaban J connectivity index is 4.01. The van der Waals surface area contributed by atoms with Gasteiger partial charge in [-0.2, -0.15) is 0 Å². The van der Waals surface area contributed by atoms with E-state index in [1.165, 1.54) is 19.3 Å². The molecule has 0 heterocycles. The van der Waals surface area contributed by atoms with Crippen LogP contribution in [0.4, 0.5) is 0 Å². The lowest BCUT2D eigenvalue weighted by Crippen LogP contribution is -2.55. The van der Waals surface area contributed by atoms with E-state index in [-0.39, 0.29) is 6.61 Å². The van der Waals surface area contributed by atoms with E-state index >= 15 is 0 Å². The molecule has 1 atom stereocenters. The molecule has 0 aliphatic heterocycles. The normalized spacial score (nSPS) is 16.7. The van der Waals surface area contributed by atoms with Crippen molar-refractivity contribution >= 4 is 8.07 Å². The number of unbranched alkanes of at least 4 members (excludes halogenated alkanes) is 3. The minimum atomic E-state index is -1.67. The molecule has 0 fully saturated rings. The molecule has 0 aromatic rings. The van der Waals surface area contributed by atoms with Crippen LogP contribution in [0.1, 0.15) is 39.0 Å². The Bertz CT molecular complexity index is 154. The quantitative estimate of drug-likeness (QED) is 0.509. The van der Waals surface area contributed by atoms with Crippen molar-refractivity contribution in [3.8, 4) is 0 Å². The van der Waals surface area contributed by atoms with Gasteiger partial charge in [-0.3, -0.25) is 0 Å². The van der Waals surface area contributed by atoms with Gasteiger partial charge < -0.3 is 10.2 Å². The lowest BCUT2D eigenvalue weighted by Gasteiger charge is -2.37. The molecule has 1 unspecified atom stereocenters. The summed E-state index contributed by atoms with van der Waals surface area (Å²) in [6.07, 6.45) is 5.41. The molecule has 0 aliphatic rings. The van der Waals surface area contributed by atoms with Gasteiger partial charge in [0.2, 0.25) is 0 Å². The third-order valence-corrected chi connectivity index (χ3v) is 6.30. The monoisotopic (exact) mass is 218 g/mol. The SMILES string of the molecule is CCCCCCC(O)(CO)[Si](C)(C)C. The van der Waals surface area contributed by atoms with Gasteiger partial charge in [-0.25, -0.2) is 0 Å². The number of hydrogen-bond donors (Lipinski definition) is 2. The first-order chi connectivity index (χ1) is 6.37. The minimum Gasteiger partial charge on any atom is -0.394 e. The Morgan fingerprint density at radius 2 is 1.64 bits per heavy atom. The van der Waals surface area contributed by atoms with Crippen molar-refractivity contribution in [3.05, 3.63) is 0 Å². The average molecular weight is 218 g/mol. The summed E-state index contributed by atoms with van der Waals surface area (Å²) < 4.78 is 0. The molecule has 0 saturated carbocycles. The van der Waals surface area contributed by atoms with Crippen LogP contribution < -0.4 is 0 Å². The van der Waals surface area contributed by atoms with E-state index < -0.39 is 13.3 Å². The molecule has 0 radical (unpaired) electrons. The highest BCUT2D eigenvalue weighted by Gasteiger charge is 2.40. The third-order valence-electron chi connectivity index (χ3n) is 3.10. The minimum absolute atomic E-state index is 0.0746. The second-order valence-corrected chi connectivity index (χ2v) is 10.7. The first-order valence-corrected chi connectivity index (χ1v) is 9.20. The Labute approximate surface area is 89.4 Å². The fourth-order valence-corrected chi connectivity index (χ4v) is 2.94. The smallest absolute Gasteiger partial charge is 0.0850 e. The van der Waals surface area contributed by atoms with Gasteiger partial charge in [0.25, 0.3) is 0 Å². The van der Waals surface area contributed by atoms with Crippen LogP contribution in [-0.4, -0.2) is 30.1 Å². The average Bonchev–Trinajstić information content (AvgIpc) is 2.10. The molecule has 14 heavy (non-hydrogen) atoms. The zero-order valence-corrected chi connectivity index (χ0v) is 11.1. The Morgan fingerprint density at radius 3 is 2.00 bits per heavy atom. The molecule has 0 rings (SSSR count). The second-order valence-electron chi connectivity index (χ2n) is 5.25. The molecule has 0 amide bonds. The molecular formula is C11H26O2Si. The van der Waals surface area contributed by atoms with Gasteiger partial charge in [-0.1, -0.05) is 52.2 Å². The summed E-state index contributed by atoms with van der Waals surface area (Å²) in [6.45, 7) is 8.45. The van der Waals surface area contributed by atoms with Crippen molar-refractivity contribution in [3.63, 3.8) is 0 Å². The fourth-order valence-electron chi connectivity index (χ4n) is 1.54. The maximum absolute atomic E-state index is 10.3. The molecule has 0 bridgehead atoms. The van der Waals surface area contributed by atoms with Gasteiger partial charge in [-0.15, -0.1) is 0 Å². The number of aliphatic hydroxyl groups excluding tert-OH is 1. The van der Waals surface area contributed by atoms with Crippen molar-refractivity contribution in [2.45, 2.75) is 63.9 Å². The van der Waals surface area contributed by atoms with Gasteiger partial charge in [-0.05, 0) is 6.42 Å². The highest BCUT2D eigenvalue weighted by atomic mass is 28.3. The molecule has 3 heteroatoms. The Morgan fingerprint density at radius 1 is 1.07 bits per heavy atom. The standard InChI is InChI=1S/C11H26O2Si/c1-5-6-7-8-9-11(13,10-12)14(2,3)4/h12-13H,5-10H2,1-4H3. The molecule has 0 aromatic carbocycles. The third kappa shape index (κ3) is 4.11. The van der Waals surface area contributed by atoms with Crippen LogP contribution in [-0.2, 0) is 0 Å². The number of aliphatic hydroxyl groups is 2. The number of hydrogen-bond acceptors (Lipinski definition) is 2. The zero-order chi connectivity index (χ0) is 11.2. The lowest BCUT2D eigenvalue weighted by atomic mass is 10.1. The molecule has 2 nitrogen and oxygen atoms in total. The molecule has 0 saturated heterocycles. The van der Waals surface area contributed by atoms with Crippen LogP contribution >= 0.6 is 0 Å². The van der Waals surface area contributed by atoms with Crippen LogP contribution in [0.15, 0.2) is 0 Å². The van der Waals surface area contributed by atoms with E-state index in [1.54, 1.807) is 0 Å². The predicted molar refractivity (Wildman–Crippen MR) is 64.1 cm³/mol. The van der Waals surface area contributed by atoms with Gasteiger partial charge in [0.1, 0.15) is 0 Å². The highest BCUT2D eigenvalue weighted by molar-refractivity contribution is 6.78. The first kappa shape index (κ1) is 14.1. The lowest BCUT2D eigenvalue weighted by molar-refractivity contribution is 0.0380. The van der Waals surface area contributed by atoms with Crippen molar-refractivity contribution in [1.82, 2.24) is 0 Å². The maximum atomic E-state index is 10.3. The Hall–Kier alpha value is 0.137. The van der Waals surface area contributed by atoms with Crippen LogP contribution in [0.2, 0.25) is 19.6 Å². The van der Waals surface area contributed by atoms with E-state index in [4.69, 9.17) is 0 Å². The summed E-state index contributed by atoms with van der Waals surface area (Å²) in [5.41, 5.74) is 0. The van der Waals surface area contributed by atoms with Crippen molar-refractivity contribution in [1.29, 1.82) is 0 Å². The van der Waals surface area contributed by atoms with Crippen molar-refractivity contribution in [2.75, 3.05) is 6.61 Å². The summed E-state index contributed by atoms with van der Waals surface area (Å²) in [4.78, 5) is 0. The maximum Gasteiger partial charge on any atom is 0.0850 e. The Kier molecular flexibility index (Phi) is 5.94. The molecule has 0 aromatic heterocycles. The van der Waals surface area contributed by atoms with E-state index in [9.17, 15) is 10.2 Å². The van der Waals surface area contributed by atoms with E-state index in [0.717, 1.165) is 12.8 Å². The summed E-state index contributed by atoms with van der Waals surface area (Å²) in [5.74, 6) is 0. The van der Waals surface area contributed by atoms with E-state index in [1.807, 2.05) is 0 Å². The topological polar surface area (TPSA) is 40.5 Å². The largest absolute Gasteiger partial charge is 0.394 e. The molecule has 0 spiro atoms. The molecular weight excluding hydrogens is 192 g/mol. The second kappa shape index (κ2) is 5.88. The summed E-state index contributed by atoms with van der Waals surface area (Å²) in [6, 6.07) is 0. The van der Waals surface area contributed by atoms with E-state index in [0.29, 0.717) is 0 Å². The van der Waals surface area contributed by atoms with E-state index in [2.05, 4.69) is 26.6 Å². The summed E-state index contributed by atoms with van der Waals surface area (Å²) in [7, 11) is -1.67. The zero-order valence-electron chi connectivity index (χ0n) is 10.1. The van der Waals surface area contributed by atoms with Crippen LogP contribution in [0.25, 0.3) is 0 Å². The fraction of sp³-hybridized carbons (Fsp3) is 1.00. The molecule has 2 N–H and O–H groups in total. The van der Waals surface area contributed by atoms with Gasteiger partial charge in [0.15, 0.2) is 0 Å².